The molecule has 0 bridgehead atoms. The maximum absolute atomic E-state index is 12.9. The van der Waals surface area contributed by atoms with Crippen molar-refractivity contribution in [3.63, 3.8) is 0 Å². The molecule has 0 radical (unpaired) electrons. The van der Waals surface area contributed by atoms with Crippen molar-refractivity contribution in [3.8, 4) is 0 Å². The maximum Gasteiger partial charge on any atom is 0.251 e. The average molecular weight is 432 g/mol. The fourth-order valence-electron chi connectivity index (χ4n) is 3.66. The lowest BCUT2D eigenvalue weighted by Gasteiger charge is -2.32. The summed E-state index contributed by atoms with van der Waals surface area (Å²) in [5.41, 5.74) is 0.993. The van der Waals surface area contributed by atoms with E-state index in [4.69, 9.17) is 4.74 Å². The third-order valence-corrected chi connectivity index (χ3v) is 7.28. The van der Waals surface area contributed by atoms with Crippen molar-refractivity contribution in [2.24, 2.45) is 0 Å². The molecule has 2 heterocycles. The number of alkyl halides is 2. The minimum atomic E-state index is -3.69. The lowest BCUT2D eigenvalue weighted by molar-refractivity contribution is 0.0696. The molecule has 0 aromatic heterocycles. The largest absolute Gasteiger partial charge is 0.379 e. The van der Waals surface area contributed by atoms with Gasteiger partial charge in [-0.3, -0.25) is 9.69 Å². The number of hydrogen-bond donors (Lipinski definition) is 1. The van der Waals surface area contributed by atoms with Gasteiger partial charge in [-0.05, 0) is 37.5 Å². The summed E-state index contributed by atoms with van der Waals surface area (Å²) in [7, 11) is -3.69. The van der Waals surface area contributed by atoms with Crippen molar-refractivity contribution in [3.05, 3.63) is 29.3 Å². The third kappa shape index (κ3) is 5.50. The van der Waals surface area contributed by atoms with E-state index in [-0.39, 0.29) is 36.5 Å². The first kappa shape index (κ1) is 22.1. The number of aryl methyl sites for hydroxylation is 1. The fourth-order valence-corrected chi connectivity index (χ4v) is 5.10. The Morgan fingerprint density at radius 3 is 2.48 bits per heavy atom. The Morgan fingerprint density at radius 1 is 1.21 bits per heavy atom. The summed E-state index contributed by atoms with van der Waals surface area (Å²) in [5, 5.41) is 2.93. The molecule has 1 aromatic rings. The molecule has 1 aromatic carbocycles. The third-order valence-electron chi connectivity index (χ3n) is 5.38. The highest BCUT2D eigenvalue weighted by Crippen LogP contribution is 2.21. The van der Waals surface area contributed by atoms with E-state index in [1.807, 2.05) is 0 Å². The Balaban J connectivity index is 1.67. The van der Waals surface area contributed by atoms with Gasteiger partial charge in [-0.1, -0.05) is 6.07 Å². The molecule has 162 valence electrons. The van der Waals surface area contributed by atoms with Crippen molar-refractivity contribution in [2.75, 3.05) is 45.9 Å². The van der Waals surface area contributed by atoms with Crippen molar-refractivity contribution in [1.29, 1.82) is 0 Å². The SMILES string of the molecule is Cc1ccc(S(=O)(=O)N2CCOCC2)cc1C(=O)NC1CCN(CC(F)F)CC1. The smallest absolute Gasteiger partial charge is 0.251 e. The van der Waals surface area contributed by atoms with Crippen molar-refractivity contribution in [1.82, 2.24) is 14.5 Å². The number of hydrogen-bond acceptors (Lipinski definition) is 5. The highest BCUT2D eigenvalue weighted by molar-refractivity contribution is 7.89. The Hall–Kier alpha value is -1.62. The summed E-state index contributed by atoms with van der Waals surface area (Å²) in [6, 6.07) is 4.45. The minimum Gasteiger partial charge on any atom is -0.379 e. The Labute approximate surface area is 170 Å². The second-order valence-electron chi connectivity index (χ2n) is 7.43. The molecule has 0 aliphatic carbocycles. The highest BCUT2D eigenvalue weighted by atomic mass is 32.2. The molecule has 3 rings (SSSR count). The number of amides is 1. The van der Waals surface area contributed by atoms with E-state index >= 15 is 0 Å². The number of nitrogens with zero attached hydrogens (tertiary/aromatic N) is 2. The molecule has 0 saturated carbocycles. The van der Waals surface area contributed by atoms with Crippen LogP contribution in [0.15, 0.2) is 23.1 Å². The molecule has 2 fully saturated rings. The lowest BCUT2D eigenvalue weighted by atomic mass is 10.0. The van der Waals surface area contributed by atoms with Crippen molar-refractivity contribution < 1.29 is 26.7 Å². The molecule has 0 atom stereocenters. The first-order valence-electron chi connectivity index (χ1n) is 9.77. The van der Waals surface area contributed by atoms with Gasteiger partial charge in [0, 0.05) is 37.8 Å². The average Bonchev–Trinajstić information content (AvgIpc) is 2.70. The standard InChI is InChI=1S/C19H27F2N3O4S/c1-14-2-3-16(29(26,27)24-8-10-28-11-9-24)12-17(14)19(25)22-15-4-6-23(7-5-15)13-18(20)21/h2-3,12,15,18H,4-11,13H2,1H3,(H,22,25). The Morgan fingerprint density at radius 2 is 1.86 bits per heavy atom. The van der Waals surface area contributed by atoms with Gasteiger partial charge in [-0.2, -0.15) is 4.31 Å². The van der Waals surface area contributed by atoms with Gasteiger partial charge < -0.3 is 10.1 Å². The van der Waals surface area contributed by atoms with E-state index in [1.54, 1.807) is 17.9 Å². The minimum absolute atomic E-state index is 0.0851. The van der Waals surface area contributed by atoms with Gasteiger partial charge in [0.15, 0.2) is 0 Å². The van der Waals surface area contributed by atoms with E-state index in [0.29, 0.717) is 50.3 Å². The second kappa shape index (κ2) is 9.46. The molecule has 1 N–H and O–H groups in total. The molecular formula is C19H27F2N3O4S. The number of halogens is 2. The second-order valence-corrected chi connectivity index (χ2v) is 9.37. The van der Waals surface area contributed by atoms with Crippen molar-refractivity contribution in [2.45, 2.75) is 37.1 Å². The Bertz CT molecular complexity index is 821. The predicted molar refractivity (Wildman–Crippen MR) is 104 cm³/mol. The van der Waals surface area contributed by atoms with Gasteiger partial charge in [0.2, 0.25) is 10.0 Å². The Kier molecular flexibility index (Phi) is 7.20. The predicted octanol–water partition coefficient (Wildman–Crippen LogP) is 1.48. The van der Waals surface area contributed by atoms with E-state index in [1.165, 1.54) is 16.4 Å². The highest BCUT2D eigenvalue weighted by Gasteiger charge is 2.28. The van der Waals surface area contributed by atoms with Gasteiger partial charge in [0.05, 0.1) is 24.7 Å². The van der Waals surface area contributed by atoms with Crippen LogP contribution in [0.4, 0.5) is 8.78 Å². The normalized spacial score (nSPS) is 20.1. The number of benzene rings is 1. The summed E-state index contributed by atoms with van der Waals surface area (Å²) in [4.78, 5) is 14.5. The summed E-state index contributed by atoms with van der Waals surface area (Å²) in [6.45, 7) is 3.78. The van der Waals surface area contributed by atoms with E-state index in [9.17, 15) is 22.0 Å². The number of likely N-dealkylation sites (tertiary alicyclic amines) is 1. The summed E-state index contributed by atoms with van der Waals surface area (Å²) in [6.07, 6.45) is -1.19. The van der Waals surface area contributed by atoms with E-state index in [2.05, 4.69) is 5.32 Å². The van der Waals surface area contributed by atoms with Gasteiger partial charge in [0.25, 0.3) is 12.3 Å². The number of ether oxygens (including phenoxy) is 1. The zero-order valence-corrected chi connectivity index (χ0v) is 17.3. The van der Waals surface area contributed by atoms with E-state index in [0.717, 1.165) is 0 Å². The number of morpholine rings is 1. The molecule has 7 nitrogen and oxygen atoms in total. The molecule has 2 aliphatic rings. The molecule has 2 aliphatic heterocycles. The number of carbonyl (C=O) groups is 1. The monoisotopic (exact) mass is 431 g/mol. The van der Waals surface area contributed by atoms with Crippen LogP contribution in [0, 0.1) is 6.92 Å². The van der Waals surface area contributed by atoms with Gasteiger partial charge in [0.1, 0.15) is 0 Å². The fraction of sp³-hybridized carbons (Fsp3) is 0.632. The molecular weight excluding hydrogens is 404 g/mol. The van der Waals surface area contributed by atoms with Gasteiger partial charge >= 0.3 is 0 Å². The summed E-state index contributed by atoms with van der Waals surface area (Å²) >= 11 is 0. The molecule has 1 amide bonds. The quantitative estimate of drug-likeness (QED) is 0.738. The van der Waals surface area contributed by atoms with Crippen LogP contribution in [-0.4, -0.2) is 81.9 Å². The lowest BCUT2D eigenvalue weighted by Crippen LogP contribution is -2.46. The van der Waals surface area contributed by atoms with Crippen LogP contribution < -0.4 is 5.32 Å². The molecule has 29 heavy (non-hydrogen) atoms. The van der Waals surface area contributed by atoms with E-state index < -0.39 is 16.4 Å². The van der Waals surface area contributed by atoms with Crippen LogP contribution in [0.3, 0.4) is 0 Å². The molecule has 10 heteroatoms. The van der Waals surface area contributed by atoms with Crippen LogP contribution in [0.25, 0.3) is 0 Å². The van der Waals surface area contributed by atoms with Crippen LogP contribution in [0.2, 0.25) is 0 Å². The molecule has 0 spiro atoms. The number of piperidine rings is 1. The first-order valence-corrected chi connectivity index (χ1v) is 11.2. The van der Waals surface area contributed by atoms with Crippen LogP contribution in [0.1, 0.15) is 28.8 Å². The topological polar surface area (TPSA) is 78.9 Å². The van der Waals surface area contributed by atoms with Gasteiger partial charge in [-0.25, -0.2) is 17.2 Å². The maximum atomic E-state index is 12.9. The van der Waals surface area contributed by atoms with Crippen molar-refractivity contribution >= 4 is 15.9 Å². The number of sulfonamides is 1. The summed E-state index contributed by atoms with van der Waals surface area (Å²) < 4.78 is 57.3. The molecule has 0 unspecified atom stereocenters. The number of nitrogens with one attached hydrogen (secondary N) is 1. The zero-order chi connectivity index (χ0) is 21.0. The van der Waals surface area contributed by atoms with Gasteiger partial charge in [-0.15, -0.1) is 0 Å². The van der Waals surface area contributed by atoms with Crippen LogP contribution in [-0.2, 0) is 14.8 Å². The van der Waals surface area contributed by atoms with Crippen LogP contribution in [0.5, 0.6) is 0 Å². The van der Waals surface area contributed by atoms with Crippen LogP contribution >= 0.6 is 0 Å². The zero-order valence-electron chi connectivity index (χ0n) is 16.4. The number of carbonyl (C=O) groups excluding carboxylic acids is 1. The first-order chi connectivity index (χ1) is 13.8. The molecule has 2 saturated heterocycles. The number of rotatable bonds is 6. The summed E-state index contributed by atoms with van der Waals surface area (Å²) in [5.74, 6) is -0.339.